The molecule has 1 N–H and O–H groups in total. The van der Waals surface area contributed by atoms with E-state index in [1.807, 2.05) is 0 Å². The molecular formula is C21H21F3N2O4. The van der Waals surface area contributed by atoms with E-state index < -0.39 is 24.3 Å². The number of nitrogens with one attached hydrogen (secondary N) is 1. The van der Waals surface area contributed by atoms with Crippen LogP contribution in [0.2, 0.25) is 0 Å². The highest BCUT2D eigenvalue weighted by Gasteiger charge is 2.31. The molecule has 1 unspecified atom stereocenters. The molecule has 1 aliphatic rings. The lowest BCUT2D eigenvalue weighted by molar-refractivity contribution is -0.137. The zero-order chi connectivity index (χ0) is 21.7. The molecule has 160 valence electrons. The summed E-state index contributed by atoms with van der Waals surface area (Å²) in [4.78, 5) is 25.9. The number of hydrogen-bond acceptors (Lipinski definition) is 4. The van der Waals surface area contributed by atoms with Crippen LogP contribution in [-0.2, 0) is 15.8 Å². The van der Waals surface area contributed by atoms with Gasteiger partial charge in [0.05, 0.1) is 12.7 Å². The van der Waals surface area contributed by atoms with E-state index in [0.29, 0.717) is 18.7 Å². The largest absolute Gasteiger partial charge is 0.497 e. The first kappa shape index (κ1) is 21.5. The molecule has 2 aromatic rings. The van der Waals surface area contributed by atoms with Crippen molar-refractivity contribution in [2.45, 2.75) is 12.6 Å². The van der Waals surface area contributed by atoms with Gasteiger partial charge in [-0.05, 0) is 42.5 Å². The summed E-state index contributed by atoms with van der Waals surface area (Å²) in [7, 11) is 1.56. The van der Waals surface area contributed by atoms with Crippen LogP contribution >= 0.6 is 0 Å². The zero-order valence-electron chi connectivity index (χ0n) is 16.2. The number of methoxy groups -OCH3 is 1. The summed E-state index contributed by atoms with van der Waals surface area (Å²) in [5, 5.41) is 2.67. The van der Waals surface area contributed by atoms with Crippen LogP contribution in [0.25, 0.3) is 0 Å². The van der Waals surface area contributed by atoms with Gasteiger partial charge in [-0.15, -0.1) is 0 Å². The Morgan fingerprint density at radius 1 is 1.17 bits per heavy atom. The van der Waals surface area contributed by atoms with Gasteiger partial charge in [0, 0.05) is 31.1 Å². The second-order valence-electron chi connectivity index (χ2n) is 6.89. The summed E-state index contributed by atoms with van der Waals surface area (Å²) in [6, 6.07) is 11.5. The van der Waals surface area contributed by atoms with Crippen molar-refractivity contribution in [3.63, 3.8) is 0 Å². The molecule has 0 aliphatic carbocycles. The number of anilines is 1. The Bertz CT molecular complexity index is 900. The molecule has 1 saturated heterocycles. The van der Waals surface area contributed by atoms with Crippen LogP contribution in [0.1, 0.15) is 12.0 Å². The Balaban J connectivity index is 1.46. The first-order valence-electron chi connectivity index (χ1n) is 9.27. The average molecular weight is 422 g/mol. The van der Waals surface area contributed by atoms with Crippen LogP contribution in [0.4, 0.5) is 18.9 Å². The predicted molar refractivity (Wildman–Crippen MR) is 103 cm³/mol. The van der Waals surface area contributed by atoms with E-state index in [9.17, 15) is 22.8 Å². The maximum atomic E-state index is 12.7. The number of alkyl halides is 3. The van der Waals surface area contributed by atoms with E-state index in [1.165, 1.54) is 12.1 Å². The van der Waals surface area contributed by atoms with Gasteiger partial charge < -0.3 is 19.7 Å². The van der Waals surface area contributed by atoms with Crippen molar-refractivity contribution in [1.29, 1.82) is 0 Å². The van der Waals surface area contributed by atoms with Crippen molar-refractivity contribution in [2.75, 3.05) is 31.7 Å². The highest BCUT2D eigenvalue weighted by molar-refractivity contribution is 5.95. The molecular weight excluding hydrogens is 401 g/mol. The molecule has 30 heavy (non-hydrogen) atoms. The van der Waals surface area contributed by atoms with E-state index in [2.05, 4.69) is 5.32 Å². The van der Waals surface area contributed by atoms with Crippen LogP contribution in [0.15, 0.2) is 48.5 Å². The Morgan fingerprint density at radius 3 is 2.57 bits per heavy atom. The highest BCUT2D eigenvalue weighted by Crippen LogP contribution is 2.31. The van der Waals surface area contributed by atoms with E-state index in [4.69, 9.17) is 9.47 Å². The molecule has 0 saturated carbocycles. The van der Waals surface area contributed by atoms with Crippen LogP contribution in [0, 0.1) is 5.92 Å². The predicted octanol–water partition coefficient (Wildman–Crippen LogP) is 3.26. The quantitative estimate of drug-likeness (QED) is 0.744. The van der Waals surface area contributed by atoms with Crippen molar-refractivity contribution >= 4 is 17.5 Å². The van der Waals surface area contributed by atoms with Crippen LogP contribution in [0.3, 0.4) is 0 Å². The van der Waals surface area contributed by atoms with Gasteiger partial charge in [0.25, 0.3) is 5.91 Å². The van der Waals surface area contributed by atoms with E-state index in [-0.39, 0.29) is 24.1 Å². The normalized spacial score (nSPS) is 16.5. The van der Waals surface area contributed by atoms with Gasteiger partial charge in [-0.3, -0.25) is 9.59 Å². The summed E-state index contributed by atoms with van der Waals surface area (Å²) >= 11 is 0. The minimum atomic E-state index is -4.48. The number of nitrogens with zero attached hydrogens (tertiary/aromatic N) is 1. The van der Waals surface area contributed by atoms with Crippen LogP contribution < -0.4 is 19.7 Å². The molecule has 2 aromatic carbocycles. The Labute approximate surface area is 171 Å². The Kier molecular flexibility index (Phi) is 6.49. The van der Waals surface area contributed by atoms with Crippen molar-refractivity contribution < 1.29 is 32.2 Å². The van der Waals surface area contributed by atoms with Gasteiger partial charge in [-0.2, -0.15) is 13.2 Å². The molecule has 0 radical (unpaired) electrons. The van der Waals surface area contributed by atoms with Crippen molar-refractivity contribution in [2.24, 2.45) is 5.92 Å². The maximum absolute atomic E-state index is 12.7. The van der Waals surface area contributed by atoms with Crippen LogP contribution in [-0.4, -0.2) is 38.6 Å². The number of amides is 2. The van der Waals surface area contributed by atoms with Crippen molar-refractivity contribution in [3.8, 4) is 11.5 Å². The Morgan fingerprint density at radius 2 is 1.90 bits per heavy atom. The molecule has 1 fully saturated rings. The van der Waals surface area contributed by atoms with Crippen LogP contribution in [0.5, 0.6) is 11.5 Å². The molecule has 2 amide bonds. The fraction of sp³-hybridized carbons (Fsp3) is 0.333. The summed E-state index contributed by atoms with van der Waals surface area (Å²) in [6.07, 6.45) is -4.19. The first-order chi connectivity index (χ1) is 14.3. The molecule has 1 heterocycles. The lowest BCUT2D eigenvalue weighted by Crippen LogP contribution is -2.34. The minimum Gasteiger partial charge on any atom is -0.497 e. The highest BCUT2D eigenvalue weighted by atomic mass is 19.4. The SMILES string of the molecule is COc1ccc(N2CC(CNC(=O)COc3cccc(C(F)(F)F)c3)CC2=O)cc1. The van der Waals surface area contributed by atoms with Gasteiger partial charge in [0.1, 0.15) is 11.5 Å². The topological polar surface area (TPSA) is 67.9 Å². The van der Waals surface area contributed by atoms with Gasteiger partial charge in [-0.25, -0.2) is 0 Å². The Hall–Kier alpha value is -3.23. The number of hydrogen-bond donors (Lipinski definition) is 1. The summed E-state index contributed by atoms with van der Waals surface area (Å²) in [5.41, 5.74) is -0.0917. The third-order valence-corrected chi connectivity index (χ3v) is 4.71. The molecule has 9 heteroatoms. The average Bonchev–Trinajstić information content (AvgIpc) is 3.11. The number of halogens is 3. The molecule has 1 atom stereocenters. The number of rotatable bonds is 7. The van der Waals surface area contributed by atoms with Gasteiger partial charge in [-0.1, -0.05) is 6.07 Å². The molecule has 0 bridgehead atoms. The fourth-order valence-corrected chi connectivity index (χ4v) is 3.15. The summed E-state index contributed by atoms with van der Waals surface area (Å²) in [5.74, 6) is 0.0659. The first-order valence-corrected chi connectivity index (χ1v) is 9.27. The number of benzene rings is 2. The van der Waals surface area contributed by atoms with Gasteiger partial charge >= 0.3 is 6.18 Å². The molecule has 1 aliphatic heterocycles. The van der Waals surface area contributed by atoms with E-state index in [1.54, 1.807) is 36.3 Å². The minimum absolute atomic E-state index is 0.0401. The van der Waals surface area contributed by atoms with E-state index in [0.717, 1.165) is 17.8 Å². The van der Waals surface area contributed by atoms with Gasteiger partial charge in [0.15, 0.2) is 6.61 Å². The molecule has 0 spiro atoms. The lowest BCUT2D eigenvalue weighted by Gasteiger charge is -2.17. The molecule has 6 nitrogen and oxygen atoms in total. The number of carbonyl (C=O) groups is 2. The van der Waals surface area contributed by atoms with Crippen molar-refractivity contribution in [1.82, 2.24) is 5.32 Å². The molecule has 0 aromatic heterocycles. The third kappa shape index (κ3) is 5.43. The standard InChI is InChI=1S/C21H21F3N2O4/c1-29-17-7-5-16(6-8-17)26-12-14(9-20(26)28)11-25-19(27)13-30-18-4-2-3-15(10-18)21(22,23)24/h2-8,10,14H,9,11-13H2,1H3,(H,25,27). The molecule has 3 rings (SSSR count). The fourth-order valence-electron chi connectivity index (χ4n) is 3.15. The summed E-state index contributed by atoms with van der Waals surface area (Å²) in [6.45, 7) is 0.313. The number of carbonyl (C=O) groups excluding carboxylic acids is 2. The van der Waals surface area contributed by atoms with E-state index >= 15 is 0 Å². The van der Waals surface area contributed by atoms with Crippen molar-refractivity contribution in [3.05, 3.63) is 54.1 Å². The third-order valence-electron chi connectivity index (χ3n) is 4.71. The second-order valence-corrected chi connectivity index (χ2v) is 6.89. The zero-order valence-corrected chi connectivity index (χ0v) is 16.2. The number of ether oxygens (including phenoxy) is 2. The second kappa shape index (κ2) is 9.06. The smallest absolute Gasteiger partial charge is 0.416 e. The maximum Gasteiger partial charge on any atom is 0.416 e. The lowest BCUT2D eigenvalue weighted by atomic mass is 10.1. The monoisotopic (exact) mass is 422 g/mol. The summed E-state index contributed by atoms with van der Waals surface area (Å²) < 4.78 is 48.4. The van der Waals surface area contributed by atoms with Gasteiger partial charge in [0.2, 0.25) is 5.91 Å².